The van der Waals surface area contributed by atoms with E-state index in [1.165, 1.54) is 11.3 Å². The second-order valence-corrected chi connectivity index (χ2v) is 8.98. The van der Waals surface area contributed by atoms with Crippen LogP contribution >= 0.6 is 27.3 Å². The molecule has 1 unspecified atom stereocenters. The van der Waals surface area contributed by atoms with Crippen molar-refractivity contribution < 1.29 is 13.2 Å². The summed E-state index contributed by atoms with van der Waals surface area (Å²) >= 11 is 4.62. The van der Waals surface area contributed by atoms with Crippen molar-refractivity contribution in [3.8, 4) is 0 Å². The van der Waals surface area contributed by atoms with Crippen molar-refractivity contribution in [2.75, 3.05) is 32.8 Å². The Morgan fingerprint density at radius 2 is 2.38 bits per heavy atom. The number of nitrogens with zero attached hydrogens (tertiary/aromatic N) is 1. The summed E-state index contributed by atoms with van der Waals surface area (Å²) < 4.78 is 33.5. The number of halogens is 1. The molecule has 2 heterocycles. The van der Waals surface area contributed by atoms with E-state index in [4.69, 9.17) is 10.5 Å². The number of likely N-dealkylation sites (N-methyl/N-ethyl adjacent to an activating group) is 1. The number of thiophene rings is 1. The van der Waals surface area contributed by atoms with Crippen molar-refractivity contribution in [1.82, 2.24) is 9.62 Å². The number of ether oxygens (including phenoxy) is 1. The van der Waals surface area contributed by atoms with Gasteiger partial charge in [0.05, 0.1) is 16.5 Å². The predicted molar refractivity (Wildman–Crippen MR) is 87.0 cm³/mol. The zero-order chi connectivity index (χ0) is 15.5. The molecule has 0 aromatic carbocycles. The normalized spacial score (nSPS) is 20.8. The molecule has 6 nitrogen and oxygen atoms in total. The average molecular weight is 398 g/mol. The molecule has 120 valence electrons. The first kappa shape index (κ1) is 17.3. The smallest absolute Gasteiger partial charge is 0.242 e. The highest BCUT2D eigenvalue weighted by atomic mass is 79.9. The van der Waals surface area contributed by atoms with Crippen molar-refractivity contribution >= 4 is 37.3 Å². The first-order valence-corrected chi connectivity index (χ1v) is 9.87. The maximum Gasteiger partial charge on any atom is 0.242 e. The Bertz CT molecular complexity index is 576. The first-order valence-electron chi connectivity index (χ1n) is 6.78. The second kappa shape index (κ2) is 7.49. The van der Waals surface area contributed by atoms with E-state index >= 15 is 0 Å². The van der Waals surface area contributed by atoms with Crippen LogP contribution in [-0.2, 0) is 21.3 Å². The zero-order valence-electron chi connectivity index (χ0n) is 11.8. The van der Waals surface area contributed by atoms with Crippen LogP contribution in [0.4, 0.5) is 0 Å². The lowest BCUT2D eigenvalue weighted by Crippen LogP contribution is -2.47. The van der Waals surface area contributed by atoms with Crippen LogP contribution < -0.4 is 10.5 Å². The molecule has 0 spiro atoms. The molecular weight excluding hydrogens is 378 g/mol. The fourth-order valence-electron chi connectivity index (χ4n) is 2.15. The minimum absolute atomic E-state index is 0.111. The highest BCUT2D eigenvalue weighted by Gasteiger charge is 2.24. The number of morpholine rings is 1. The van der Waals surface area contributed by atoms with Crippen LogP contribution in [0.3, 0.4) is 0 Å². The molecule has 0 amide bonds. The lowest BCUT2D eigenvalue weighted by Gasteiger charge is -2.32. The third-order valence-electron chi connectivity index (χ3n) is 3.37. The molecule has 1 aromatic heterocycles. The summed E-state index contributed by atoms with van der Waals surface area (Å²) in [6.45, 7) is 5.92. The van der Waals surface area contributed by atoms with Crippen LogP contribution in [0, 0.1) is 0 Å². The van der Waals surface area contributed by atoms with Gasteiger partial charge in [0, 0.05) is 31.1 Å². The van der Waals surface area contributed by atoms with Gasteiger partial charge >= 0.3 is 0 Å². The topological polar surface area (TPSA) is 84.7 Å². The molecular formula is C12H20BrN3O3S2. The van der Waals surface area contributed by atoms with E-state index < -0.39 is 10.0 Å². The van der Waals surface area contributed by atoms with E-state index in [1.807, 2.05) is 0 Å². The monoisotopic (exact) mass is 397 g/mol. The van der Waals surface area contributed by atoms with Crippen molar-refractivity contribution in [3.63, 3.8) is 0 Å². The number of hydrogen-bond acceptors (Lipinski definition) is 6. The molecule has 21 heavy (non-hydrogen) atoms. The van der Waals surface area contributed by atoms with E-state index in [2.05, 4.69) is 32.5 Å². The number of nitrogens with one attached hydrogen (secondary N) is 1. The van der Waals surface area contributed by atoms with E-state index in [9.17, 15) is 8.42 Å². The first-order chi connectivity index (χ1) is 9.96. The Morgan fingerprint density at radius 1 is 1.62 bits per heavy atom. The molecule has 2 rings (SSSR count). The molecule has 0 radical (unpaired) electrons. The Morgan fingerprint density at radius 3 is 3.00 bits per heavy atom. The lowest BCUT2D eigenvalue weighted by atomic mass is 10.3. The van der Waals surface area contributed by atoms with Gasteiger partial charge in [0.1, 0.15) is 4.90 Å². The van der Waals surface area contributed by atoms with Crippen LogP contribution in [0.1, 0.15) is 11.8 Å². The maximum atomic E-state index is 12.3. The molecule has 1 saturated heterocycles. The van der Waals surface area contributed by atoms with Gasteiger partial charge in [-0.3, -0.25) is 4.90 Å². The van der Waals surface area contributed by atoms with Crippen molar-refractivity contribution in [2.45, 2.75) is 24.5 Å². The molecule has 0 aliphatic carbocycles. The summed E-state index contributed by atoms with van der Waals surface area (Å²) in [5.74, 6) is 0. The number of nitrogens with two attached hydrogens (primary N) is 1. The lowest BCUT2D eigenvalue weighted by molar-refractivity contribution is -0.0229. The summed E-state index contributed by atoms with van der Waals surface area (Å²) in [5.41, 5.74) is 5.55. The summed E-state index contributed by atoms with van der Waals surface area (Å²) in [4.78, 5) is 3.32. The summed E-state index contributed by atoms with van der Waals surface area (Å²) in [6, 6.07) is 1.61. The average Bonchev–Trinajstić information content (AvgIpc) is 2.87. The Kier molecular flexibility index (Phi) is 6.18. The number of rotatable bonds is 6. The fourth-order valence-corrected chi connectivity index (χ4v) is 5.78. The Labute approximate surface area is 137 Å². The van der Waals surface area contributed by atoms with E-state index in [0.717, 1.165) is 24.5 Å². The highest BCUT2D eigenvalue weighted by molar-refractivity contribution is 9.11. The third-order valence-corrected chi connectivity index (χ3v) is 7.07. The SMILES string of the molecule is CCN1CCOC(CNS(=O)(=O)c2cc(CN)sc2Br)C1. The molecule has 0 saturated carbocycles. The Balaban J connectivity index is 1.99. The largest absolute Gasteiger partial charge is 0.374 e. The molecule has 9 heteroatoms. The summed E-state index contributed by atoms with van der Waals surface area (Å²) in [5, 5.41) is 0. The molecule has 3 N–H and O–H groups in total. The summed E-state index contributed by atoms with van der Waals surface area (Å²) in [7, 11) is -3.54. The van der Waals surface area contributed by atoms with Crippen molar-refractivity contribution in [2.24, 2.45) is 5.73 Å². The molecule has 1 aliphatic rings. The summed E-state index contributed by atoms with van der Waals surface area (Å²) in [6.07, 6.45) is -0.111. The minimum Gasteiger partial charge on any atom is -0.374 e. The van der Waals surface area contributed by atoms with Crippen molar-refractivity contribution in [1.29, 1.82) is 0 Å². The van der Waals surface area contributed by atoms with Gasteiger partial charge in [-0.15, -0.1) is 11.3 Å². The minimum atomic E-state index is -3.54. The highest BCUT2D eigenvalue weighted by Crippen LogP contribution is 2.31. The van der Waals surface area contributed by atoms with Gasteiger partial charge in [-0.2, -0.15) is 0 Å². The van der Waals surface area contributed by atoms with Gasteiger partial charge in [-0.1, -0.05) is 6.92 Å². The van der Waals surface area contributed by atoms with Gasteiger partial charge < -0.3 is 10.5 Å². The molecule has 1 aliphatic heterocycles. The third kappa shape index (κ3) is 4.47. The van der Waals surface area contributed by atoms with Gasteiger partial charge in [0.2, 0.25) is 10.0 Å². The number of hydrogen-bond donors (Lipinski definition) is 2. The van der Waals surface area contributed by atoms with E-state index in [-0.39, 0.29) is 17.5 Å². The van der Waals surface area contributed by atoms with Crippen molar-refractivity contribution in [3.05, 3.63) is 14.7 Å². The maximum absolute atomic E-state index is 12.3. The number of sulfonamides is 1. The molecule has 1 atom stereocenters. The van der Waals surface area contributed by atoms with Gasteiger partial charge in [-0.25, -0.2) is 13.1 Å². The quantitative estimate of drug-likeness (QED) is 0.746. The van der Waals surface area contributed by atoms with Crippen LogP contribution in [0.15, 0.2) is 14.7 Å². The molecule has 0 bridgehead atoms. The van der Waals surface area contributed by atoms with E-state index in [0.29, 0.717) is 16.9 Å². The molecule has 1 aromatic rings. The standard InChI is InChI=1S/C12H20BrN3O3S2/c1-2-16-3-4-19-9(8-16)7-15-21(17,18)11-5-10(6-14)20-12(11)13/h5,9,15H,2-4,6-8,14H2,1H3. The molecule has 1 fully saturated rings. The second-order valence-electron chi connectivity index (χ2n) is 4.79. The predicted octanol–water partition coefficient (Wildman–Crippen LogP) is 0.968. The fraction of sp³-hybridized carbons (Fsp3) is 0.667. The van der Waals surface area contributed by atoms with Gasteiger partial charge in [0.15, 0.2) is 0 Å². The van der Waals surface area contributed by atoms with Crippen LogP contribution in [0.2, 0.25) is 0 Å². The Hall–Kier alpha value is -0.0300. The van der Waals surface area contributed by atoms with Gasteiger partial charge in [0.25, 0.3) is 0 Å². The van der Waals surface area contributed by atoms with Crippen LogP contribution in [0.5, 0.6) is 0 Å². The van der Waals surface area contributed by atoms with Crippen LogP contribution in [0.25, 0.3) is 0 Å². The van der Waals surface area contributed by atoms with Crippen LogP contribution in [-0.4, -0.2) is 52.2 Å². The van der Waals surface area contributed by atoms with E-state index in [1.54, 1.807) is 6.07 Å². The van der Waals surface area contributed by atoms with Gasteiger partial charge in [-0.05, 0) is 28.5 Å². The zero-order valence-corrected chi connectivity index (χ0v) is 15.1.